The van der Waals surface area contributed by atoms with E-state index >= 15 is 0 Å². The number of amides is 2. The predicted molar refractivity (Wildman–Crippen MR) is 167 cm³/mol. The topological polar surface area (TPSA) is 182 Å². The summed E-state index contributed by atoms with van der Waals surface area (Å²) in [6.45, 7) is 19.2. The molecule has 2 bridgehead atoms. The van der Waals surface area contributed by atoms with Crippen LogP contribution in [0.15, 0.2) is 48.6 Å². The van der Waals surface area contributed by atoms with Gasteiger partial charge in [-0.15, -0.1) is 0 Å². The number of hydrogen-bond donors (Lipinski definition) is 2. The Morgan fingerprint density at radius 2 is 0.957 bits per heavy atom. The maximum Gasteiger partial charge on any atom is 0.407 e. The second kappa shape index (κ2) is 18.5. The van der Waals surface area contributed by atoms with Gasteiger partial charge in [0.15, 0.2) is 12.2 Å². The molecule has 0 radical (unpaired) electrons. The monoisotopic (exact) mass is 662 g/mol. The maximum absolute atomic E-state index is 12.7. The van der Waals surface area contributed by atoms with E-state index < -0.39 is 48.3 Å². The van der Waals surface area contributed by atoms with Gasteiger partial charge in [0.25, 0.3) is 0 Å². The third kappa shape index (κ3) is 13.0. The summed E-state index contributed by atoms with van der Waals surface area (Å²) >= 11 is 0. The van der Waals surface area contributed by atoms with E-state index in [1.54, 1.807) is 0 Å². The molecular formula is C33H46N2O12. The summed E-state index contributed by atoms with van der Waals surface area (Å²) in [6.07, 6.45) is -0.904. The van der Waals surface area contributed by atoms with Gasteiger partial charge in [-0.25, -0.2) is 28.8 Å². The molecule has 260 valence electrons. The van der Waals surface area contributed by atoms with Crippen molar-refractivity contribution >= 4 is 36.1 Å². The van der Waals surface area contributed by atoms with E-state index in [0.717, 1.165) is 19.3 Å². The van der Waals surface area contributed by atoms with Gasteiger partial charge in [-0.05, 0) is 70.6 Å². The van der Waals surface area contributed by atoms with E-state index in [9.17, 15) is 28.8 Å². The van der Waals surface area contributed by atoms with Crippen LogP contribution < -0.4 is 10.6 Å². The number of rotatable bonds is 18. The minimum absolute atomic E-state index is 0.126. The van der Waals surface area contributed by atoms with Crippen molar-refractivity contribution in [2.24, 2.45) is 23.7 Å². The van der Waals surface area contributed by atoms with Crippen molar-refractivity contribution < 1.29 is 57.2 Å². The quantitative estimate of drug-likeness (QED) is 0.124. The van der Waals surface area contributed by atoms with E-state index in [-0.39, 0.29) is 66.5 Å². The smallest absolute Gasteiger partial charge is 0.407 e. The van der Waals surface area contributed by atoms with Gasteiger partial charge in [0.05, 0.1) is 0 Å². The van der Waals surface area contributed by atoms with Crippen LogP contribution in [0, 0.1) is 23.7 Å². The number of ether oxygens (including phenoxy) is 6. The third-order valence-corrected chi connectivity index (χ3v) is 7.77. The van der Waals surface area contributed by atoms with Gasteiger partial charge < -0.3 is 39.1 Å². The molecule has 4 unspecified atom stereocenters. The van der Waals surface area contributed by atoms with Crippen LogP contribution in [-0.4, -0.2) is 87.8 Å². The van der Waals surface area contributed by atoms with Crippen molar-refractivity contribution in [3.63, 3.8) is 0 Å². The SMILES string of the molecule is C=C(C)C(=O)OCC(COC(=O)C(=C)C)OC(=O)NCC1CC2CCC1C2CNC(=O)OC(COC(=O)C(=C)C)COC(=O)C(=C)C. The highest BCUT2D eigenvalue weighted by Crippen LogP contribution is 2.52. The number of esters is 4. The zero-order valence-electron chi connectivity index (χ0n) is 27.6. The van der Waals surface area contributed by atoms with Crippen LogP contribution in [-0.2, 0) is 47.6 Å². The summed E-state index contributed by atoms with van der Waals surface area (Å²) in [5.74, 6) is -1.90. The first kappa shape index (κ1) is 38.6. The normalized spacial score (nSPS) is 19.3. The zero-order chi connectivity index (χ0) is 35.3. The zero-order valence-corrected chi connectivity index (χ0v) is 27.6. The number of nitrogens with one attached hydrogen (secondary N) is 2. The van der Waals surface area contributed by atoms with E-state index in [0.29, 0.717) is 19.0 Å². The van der Waals surface area contributed by atoms with Gasteiger partial charge >= 0.3 is 36.1 Å². The molecule has 0 aromatic carbocycles. The van der Waals surface area contributed by atoms with Crippen LogP contribution in [0.1, 0.15) is 47.0 Å². The maximum atomic E-state index is 12.7. The molecule has 4 atom stereocenters. The number of carbonyl (C=O) groups excluding carboxylic acids is 6. The molecule has 0 aromatic rings. The highest BCUT2D eigenvalue weighted by Gasteiger charge is 2.47. The molecule has 0 heterocycles. The molecule has 2 amide bonds. The fourth-order valence-electron chi connectivity index (χ4n) is 5.38. The molecule has 0 aromatic heterocycles. The molecule has 0 spiro atoms. The van der Waals surface area contributed by atoms with Crippen molar-refractivity contribution in [3.8, 4) is 0 Å². The van der Waals surface area contributed by atoms with Crippen LogP contribution >= 0.6 is 0 Å². The van der Waals surface area contributed by atoms with Gasteiger partial charge in [-0.2, -0.15) is 0 Å². The number of alkyl carbamates (subject to hydrolysis) is 2. The van der Waals surface area contributed by atoms with Crippen molar-refractivity contribution in [2.45, 2.75) is 59.2 Å². The Balaban J connectivity index is 1.88. The summed E-state index contributed by atoms with van der Waals surface area (Å²) in [5.41, 5.74) is 0.644. The Kier molecular flexibility index (Phi) is 15.2. The molecule has 2 aliphatic rings. The summed E-state index contributed by atoms with van der Waals surface area (Å²) in [6, 6.07) is 0. The molecule has 2 fully saturated rings. The first-order valence-electron chi connectivity index (χ1n) is 15.3. The highest BCUT2D eigenvalue weighted by atomic mass is 16.6. The Labute approximate surface area is 274 Å². The first-order valence-corrected chi connectivity index (χ1v) is 15.3. The Morgan fingerprint density at radius 1 is 0.596 bits per heavy atom. The van der Waals surface area contributed by atoms with Gasteiger partial charge in [0.2, 0.25) is 0 Å². The minimum atomic E-state index is -1.05. The number of carbonyl (C=O) groups is 6. The van der Waals surface area contributed by atoms with E-state index in [1.807, 2.05) is 0 Å². The van der Waals surface area contributed by atoms with Gasteiger partial charge in [-0.1, -0.05) is 26.3 Å². The standard InChI is InChI=1S/C33H46N2O12/c1-18(2)28(36)42-14-24(15-43-29(37)19(3)4)46-32(40)34-12-23-11-22-9-10-26(23)27(22)13-35-33(41)47-25(16-44-30(38)20(5)6)17-45-31(39)21(7)8/h22-27H,1,3,5,7,9-17H2,2,4,6,8H3,(H,34,40)(H,35,41). The summed E-state index contributed by atoms with van der Waals surface area (Å²) in [7, 11) is 0. The van der Waals surface area contributed by atoms with Gasteiger partial charge in [0, 0.05) is 35.4 Å². The molecule has 47 heavy (non-hydrogen) atoms. The highest BCUT2D eigenvalue weighted by molar-refractivity contribution is 5.88. The predicted octanol–water partition coefficient (Wildman–Crippen LogP) is 3.32. The average molecular weight is 663 g/mol. The first-order chi connectivity index (χ1) is 22.1. The van der Waals surface area contributed by atoms with Gasteiger partial charge in [0.1, 0.15) is 26.4 Å². The van der Waals surface area contributed by atoms with Crippen LogP contribution in [0.25, 0.3) is 0 Å². The van der Waals surface area contributed by atoms with Crippen molar-refractivity contribution in [1.82, 2.24) is 10.6 Å². The average Bonchev–Trinajstić information content (AvgIpc) is 3.57. The lowest BCUT2D eigenvalue weighted by Crippen LogP contribution is -2.39. The number of fused-ring (bicyclic) bond motifs is 2. The minimum Gasteiger partial charge on any atom is -0.458 e. The molecule has 2 saturated carbocycles. The van der Waals surface area contributed by atoms with Crippen molar-refractivity contribution in [3.05, 3.63) is 48.6 Å². The Hall–Kier alpha value is -4.62. The molecule has 2 aliphatic carbocycles. The lowest BCUT2D eigenvalue weighted by molar-refractivity contribution is -0.149. The van der Waals surface area contributed by atoms with Crippen LogP contribution in [0.4, 0.5) is 9.59 Å². The molecule has 2 N–H and O–H groups in total. The molecule has 14 nitrogen and oxygen atoms in total. The Morgan fingerprint density at radius 3 is 1.32 bits per heavy atom. The fraction of sp³-hybridized carbons (Fsp3) is 0.576. The molecule has 14 heteroatoms. The van der Waals surface area contributed by atoms with E-state index in [4.69, 9.17) is 28.4 Å². The lowest BCUT2D eigenvalue weighted by atomic mass is 9.88. The summed E-state index contributed by atoms with van der Waals surface area (Å²) in [5, 5.41) is 5.52. The summed E-state index contributed by atoms with van der Waals surface area (Å²) in [4.78, 5) is 72.6. The molecule has 0 aliphatic heterocycles. The van der Waals surface area contributed by atoms with Gasteiger partial charge in [-0.3, -0.25) is 0 Å². The molecule has 2 rings (SSSR count). The number of hydrogen-bond acceptors (Lipinski definition) is 12. The second-order valence-electron chi connectivity index (χ2n) is 12.0. The van der Waals surface area contributed by atoms with E-state index in [1.165, 1.54) is 27.7 Å². The lowest BCUT2D eigenvalue weighted by Gasteiger charge is -2.24. The fourth-order valence-corrected chi connectivity index (χ4v) is 5.38. The molecule has 0 saturated heterocycles. The van der Waals surface area contributed by atoms with Crippen LogP contribution in [0.2, 0.25) is 0 Å². The van der Waals surface area contributed by atoms with Crippen LogP contribution in [0.3, 0.4) is 0 Å². The third-order valence-electron chi connectivity index (χ3n) is 7.77. The van der Waals surface area contributed by atoms with E-state index in [2.05, 4.69) is 36.9 Å². The second-order valence-corrected chi connectivity index (χ2v) is 12.0. The largest absolute Gasteiger partial charge is 0.458 e. The van der Waals surface area contributed by atoms with Crippen molar-refractivity contribution in [2.75, 3.05) is 39.5 Å². The Bertz CT molecular complexity index is 1200. The molecular weight excluding hydrogens is 616 g/mol. The van der Waals surface area contributed by atoms with Crippen LogP contribution in [0.5, 0.6) is 0 Å². The summed E-state index contributed by atoms with van der Waals surface area (Å²) < 4.78 is 31.1. The van der Waals surface area contributed by atoms with Crippen molar-refractivity contribution in [1.29, 1.82) is 0 Å².